The van der Waals surface area contributed by atoms with Gasteiger partial charge in [0.2, 0.25) is 15.1 Å². The molecule has 6 bridgehead atoms. The Kier molecular flexibility index (Phi) is 17.8. The van der Waals surface area contributed by atoms with E-state index in [4.69, 9.17) is 0 Å². The number of halogens is 7. The fraction of sp³-hybridized carbons (Fsp3) is 0.706. The number of aromatic nitrogens is 4. The number of benzene rings is 1. The second kappa shape index (κ2) is 20.7. The first kappa shape index (κ1) is 47.3. The van der Waals surface area contributed by atoms with Crippen molar-refractivity contribution in [3.05, 3.63) is 49.8 Å². The molecule has 3 saturated carbocycles. The molecule has 7 N–H and O–H groups in total. The molecule has 0 spiro atoms. The monoisotopic (exact) mass is 914 g/mol. The summed E-state index contributed by atoms with van der Waals surface area (Å²) >= 11 is 3.81. The van der Waals surface area contributed by atoms with E-state index in [9.17, 15) is 41.7 Å². The number of aliphatic hydroxyl groups is 3. The van der Waals surface area contributed by atoms with Gasteiger partial charge >= 0.3 is 63.7 Å². The SMILES string of the molecule is FC(F)(F)c1nnc(Br)s1.N.OC1[C@@H]2CC[C@H]1CN(Cc1ccccc1)C2.OC1[C@@H]2CC[C@H]1CN(c1nnc(C(F)(F)F)s1)C2.OC1[C@@H]2CC[C@H]1CNC2.[H-].[HH].[K+]. The number of likely N-dealkylation sites (tertiary alicyclic amines) is 1. The molecule has 3 saturated heterocycles. The standard InChI is InChI=1S/C14H19NO.C10H12F3N3OS.C7H13NO.C3BrF3N2S.K.H3N.H2.H/c16-14-12-6-7-13(14)10-15(9-12)8-11-4-2-1-3-5-11;11-10(12,13)8-14-15-9(18-8)16-3-5-1-2-6(4-16)7(5)17;9-7-5-1-2-6(7)4-8-3-5;4-2-9-8-1(10-2)3(5,6)7;;;;/h1-5,12-14,16H,6-10H2;5-7,17H,1-4H2;5-9H,1-4H2;;;1H3;1H;/q;;;;+1;;;-1/t12-,13+,14?;2*5-,6+,7?;;;;;. The van der Waals surface area contributed by atoms with Gasteiger partial charge in [0.1, 0.15) is 0 Å². The average Bonchev–Trinajstić information content (AvgIpc) is 3.89. The third kappa shape index (κ3) is 12.6. The van der Waals surface area contributed by atoms with E-state index >= 15 is 0 Å². The van der Waals surface area contributed by atoms with Crippen LogP contribution in [0.5, 0.6) is 0 Å². The Balaban J connectivity index is 0.000000265. The molecule has 3 unspecified atom stereocenters. The molecule has 0 amide bonds. The zero-order valence-electron chi connectivity index (χ0n) is 31.5. The summed E-state index contributed by atoms with van der Waals surface area (Å²) in [7, 11) is 0. The van der Waals surface area contributed by atoms with Gasteiger partial charge in [0.25, 0.3) is 0 Å². The van der Waals surface area contributed by atoms with Gasteiger partial charge in [-0.15, -0.1) is 20.4 Å². The Bertz CT molecular complexity index is 1580. The van der Waals surface area contributed by atoms with E-state index in [0.29, 0.717) is 64.6 Å². The molecular formula is C34H50BrF6KN8O3S2. The zero-order valence-corrected chi connectivity index (χ0v) is 36.8. The summed E-state index contributed by atoms with van der Waals surface area (Å²) in [6.07, 6.45) is -2.32. The molecule has 1 aromatic carbocycles. The van der Waals surface area contributed by atoms with Crippen LogP contribution >= 0.6 is 38.6 Å². The van der Waals surface area contributed by atoms with Gasteiger partial charge < -0.3 is 33.1 Å². The van der Waals surface area contributed by atoms with Crippen LogP contribution < -0.4 is 67.8 Å². The number of fused-ring (bicyclic) bond motifs is 6. The Morgan fingerprint density at radius 1 is 0.691 bits per heavy atom. The summed E-state index contributed by atoms with van der Waals surface area (Å²) < 4.78 is 72.5. The van der Waals surface area contributed by atoms with Crippen molar-refractivity contribution in [2.75, 3.05) is 44.2 Å². The van der Waals surface area contributed by atoms with E-state index in [-0.39, 0.29) is 94.5 Å². The smallest absolute Gasteiger partial charge is 1.00 e. The molecule has 9 atom stereocenters. The molecule has 0 radical (unpaired) electrons. The first-order chi connectivity index (χ1) is 25.2. The summed E-state index contributed by atoms with van der Waals surface area (Å²) in [5.74, 6) is 2.52. The Morgan fingerprint density at radius 2 is 1.13 bits per heavy atom. The maximum atomic E-state index is 12.4. The number of anilines is 1. The van der Waals surface area contributed by atoms with Gasteiger partial charge in [0, 0.05) is 59.1 Å². The summed E-state index contributed by atoms with van der Waals surface area (Å²) in [6.45, 7) is 6.42. The summed E-state index contributed by atoms with van der Waals surface area (Å²) in [4.78, 5) is 4.33. The number of aliphatic hydroxyl groups excluding tert-OH is 3. The van der Waals surface area contributed by atoms with Crippen LogP contribution in [-0.4, -0.2) is 98.2 Å². The number of rotatable bonds is 3. The van der Waals surface area contributed by atoms with E-state index in [2.05, 4.69) is 76.9 Å². The van der Waals surface area contributed by atoms with Crippen LogP contribution in [0, 0.1) is 35.5 Å². The molecule has 6 aliphatic rings. The van der Waals surface area contributed by atoms with E-state index in [1.807, 2.05) is 4.90 Å². The maximum Gasteiger partial charge on any atom is 1.00 e. The molecular weight excluding hydrogens is 866 g/mol. The second-order valence-corrected chi connectivity index (χ2v) is 18.0. The van der Waals surface area contributed by atoms with Crippen LogP contribution in [0.2, 0.25) is 0 Å². The van der Waals surface area contributed by atoms with Crippen LogP contribution in [-0.2, 0) is 18.9 Å². The van der Waals surface area contributed by atoms with E-state index < -0.39 is 22.4 Å². The largest absolute Gasteiger partial charge is 1.00 e. The summed E-state index contributed by atoms with van der Waals surface area (Å²) in [5.41, 5.74) is 1.39. The molecule has 3 aliphatic heterocycles. The van der Waals surface area contributed by atoms with Crippen LogP contribution in [0.1, 0.15) is 57.0 Å². The normalized spacial score (nSPS) is 30.7. The Labute approximate surface area is 378 Å². The van der Waals surface area contributed by atoms with Gasteiger partial charge in [-0.1, -0.05) is 53.0 Å². The van der Waals surface area contributed by atoms with Crippen LogP contribution in [0.25, 0.3) is 0 Å². The van der Waals surface area contributed by atoms with Crippen molar-refractivity contribution in [2.45, 2.75) is 75.7 Å². The minimum atomic E-state index is -4.43. The first-order valence-electron chi connectivity index (χ1n) is 17.9. The van der Waals surface area contributed by atoms with Crippen LogP contribution in [0.4, 0.5) is 31.5 Å². The number of alkyl halides is 6. The van der Waals surface area contributed by atoms with Gasteiger partial charge in [-0.2, -0.15) is 26.3 Å². The number of hydrogen-bond donors (Lipinski definition) is 5. The number of hydrogen-bond acceptors (Lipinski definition) is 13. The van der Waals surface area contributed by atoms with Crippen molar-refractivity contribution < 1.29 is 95.9 Å². The molecule has 2 aromatic heterocycles. The molecule has 5 heterocycles. The summed E-state index contributed by atoms with van der Waals surface area (Å²) in [6, 6.07) is 10.6. The first-order valence-corrected chi connectivity index (χ1v) is 20.3. The van der Waals surface area contributed by atoms with Crippen LogP contribution in [0.3, 0.4) is 0 Å². The van der Waals surface area contributed by atoms with Crippen LogP contribution in [0.15, 0.2) is 34.2 Å². The fourth-order valence-electron chi connectivity index (χ4n) is 8.44. The van der Waals surface area contributed by atoms with Gasteiger partial charge in [-0.3, -0.25) is 4.90 Å². The van der Waals surface area contributed by atoms with Gasteiger partial charge in [-0.05, 0) is 83.7 Å². The predicted octanol–water partition coefficient (Wildman–Crippen LogP) is 3.47. The Hall–Kier alpha value is -0.404. The molecule has 9 rings (SSSR count). The van der Waals surface area contributed by atoms with Crippen molar-refractivity contribution in [3.63, 3.8) is 0 Å². The van der Waals surface area contributed by atoms with Gasteiger partial charge in [0.05, 0.1) is 18.3 Å². The van der Waals surface area contributed by atoms with Crippen molar-refractivity contribution in [2.24, 2.45) is 35.5 Å². The van der Waals surface area contributed by atoms with E-state index in [1.165, 1.54) is 31.2 Å². The minimum absolute atomic E-state index is 0. The fourth-order valence-corrected chi connectivity index (χ4v) is 10.2. The quantitative estimate of drug-likeness (QED) is 0.193. The maximum absolute atomic E-state index is 12.4. The second-order valence-electron chi connectivity index (χ2n) is 14.8. The molecule has 306 valence electrons. The van der Waals surface area contributed by atoms with Gasteiger partial charge in [-0.25, -0.2) is 0 Å². The van der Waals surface area contributed by atoms with Gasteiger partial charge in [0.15, 0.2) is 3.92 Å². The number of nitrogens with zero attached hydrogens (tertiary/aromatic N) is 6. The van der Waals surface area contributed by atoms with Crippen molar-refractivity contribution in [3.8, 4) is 0 Å². The molecule has 11 nitrogen and oxygen atoms in total. The van der Waals surface area contributed by atoms with E-state index in [0.717, 1.165) is 45.6 Å². The molecule has 3 aliphatic carbocycles. The summed E-state index contributed by atoms with van der Waals surface area (Å²) in [5, 5.41) is 43.9. The number of piperidine rings is 3. The number of nitrogens with one attached hydrogen (secondary N) is 1. The van der Waals surface area contributed by atoms with E-state index in [1.54, 1.807) is 0 Å². The molecule has 3 aromatic rings. The minimum Gasteiger partial charge on any atom is -1.00 e. The average molecular weight is 916 g/mol. The third-order valence-corrected chi connectivity index (χ3v) is 13.6. The topological polar surface area (TPSA) is 166 Å². The molecule has 21 heteroatoms. The molecule has 55 heavy (non-hydrogen) atoms. The Morgan fingerprint density at radius 3 is 1.55 bits per heavy atom. The molecule has 6 fully saturated rings. The van der Waals surface area contributed by atoms with Crippen molar-refractivity contribution in [1.82, 2.24) is 36.8 Å². The predicted molar refractivity (Wildman–Crippen MR) is 199 cm³/mol. The van der Waals surface area contributed by atoms with Crippen molar-refractivity contribution >= 4 is 43.7 Å². The van der Waals surface area contributed by atoms with Crippen molar-refractivity contribution in [1.29, 1.82) is 0 Å². The zero-order chi connectivity index (χ0) is 37.9. The third-order valence-electron chi connectivity index (χ3n) is 11.2.